The summed E-state index contributed by atoms with van der Waals surface area (Å²) in [4.78, 5) is 33.9. The standard InChI is InChI=1S/C30H27ClN4O4/c1-18-20-15-28(22(31)16-27(20)38-25(18)9-10-29(36)32-2)39-26-11-12-33-17-21(26)30(37)35-14-13-34(19-7-8-19)23-5-3-4-6-24(23)35/h3-6,9-12,15-17,19H,7-8,13-14H2,1-2H3,(H,32,36). The number of aryl methyl sites for hydroxylation is 1. The largest absolute Gasteiger partial charge is 0.456 e. The number of amides is 2. The molecule has 0 bridgehead atoms. The Balaban J connectivity index is 1.31. The monoisotopic (exact) mass is 542 g/mol. The van der Waals surface area contributed by atoms with Crippen LogP contribution < -0.4 is 19.9 Å². The summed E-state index contributed by atoms with van der Waals surface area (Å²) in [5, 5.41) is 3.66. The van der Waals surface area contributed by atoms with Crippen LogP contribution in [0.2, 0.25) is 5.02 Å². The second-order valence-electron chi connectivity index (χ2n) is 9.66. The third-order valence-electron chi connectivity index (χ3n) is 7.17. The molecular formula is C30H27ClN4O4. The maximum Gasteiger partial charge on any atom is 0.263 e. The molecule has 0 atom stereocenters. The molecule has 1 aliphatic carbocycles. The molecule has 1 N–H and O–H groups in total. The quantitative estimate of drug-likeness (QED) is 0.302. The van der Waals surface area contributed by atoms with E-state index in [0.717, 1.165) is 28.9 Å². The van der Waals surface area contributed by atoms with Gasteiger partial charge < -0.3 is 24.3 Å². The van der Waals surface area contributed by atoms with Crippen molar-refractivity contribution in [3.05, 3.63) is 82.8 Å². The van der Waals surface area contributed by atoms with Gasteiger partial charge in [0.1, 0.15) is 28.4 Å². The Labute approximate surface area is 230 Å². The van der Waals surface area contributed by atoms with E-state index < -0.39 is 0 Å². The summed E-state index contributed by atoms with van der Waals surface area (Å²) in [6, 6.07) is 13.7. The predicted molar refractivity (Wildman–Crippen MR) is 152 cm³/mol. The summed E-state index contributed by atoms with van der Waals surface area (Å²) in [6.45, 7) is 3.25. The number of ether oxygens (including phenoxy) is 1. The molecule has 2 aromatic heterocycles. The van der Waals surface area contributed by atoms with Crippen molar-refractivity contribution in [3.8, 4) is 11.5 Å². The van der Waals surface area contributed by atoms with Crippen LogP contribution in [-0.2, 0) is 4.79 Å². The number of likely N-dealkylation sites (N-methyl/N-ethyl adjacent to an activating group) is 1. The average Bonchev–Trinajstić information content (AvgIpc) is 3.76. The molecule has 0 unspecified atom stereocenters. The van der Waals surface area contributed by atoms with Crippen molar-refractivity contribution in [2.45, 2.75) is 25.8 Å². The number of furan rings is 1. The van der Waals surface area contributed by atoms with Crippen molar-refractivity contribution in [1.29, 1.82) is 0 Å². The average molecular weight is 543 g/mol. The number of nitrogens with one attached hydrogen (secondary N) is 1. The number of rotatable bonds is 6. The molecule has 0 saturated heterocycles. The molecule has 3 heterocycles. The highest BCUT2D eigenvalue weighted by molar-refractivity contribution is 6.32. The number of anilines is 2. The number of fused-ring (bicyclic) bond motifs is 2. The van der Waals surface area contributed by atoms with Gasteiger partial charge in [0.25, 0.3) is 5.91 Å². The number of hydrogen-bond acceptors (Lipinski definition) is 6. The first kappa shape index (κ1) is 25.0. The topological polar surface area (TPSA) is 87.9 Å². The van der Waals surface area contributed by atoms with Gasteiger partial charge in [-0.05, 0) is 50.1 Å². The van der Waals surface area contributed by atoms with E-state index in [1.165, 1.54) is 25.1 Å². The molecule has 8 nitrogen and oxygen atoms in total. The van der Waals surface area contributed by atoms with Crippen molar-refractivity contribution in [3.63, 3.8) is 0 Å². The van der Waals surface area contributed by atoms with Crippen LogP contribution in [0.5, 0.6) is 11.5 Å². The lowest BCUT2D eigenvalue weighted by Crippen LogP contribution is -2.45. The molecule has 198 valence electrons. The Morgan fingerprint density at radius 3 is 2.69 bits per heavy atom. The third kappa shape index (κ3) is 4.72. The molecule has 1 saturated carbocycles. The minimum Gasteiger partial charge on any atom is -0.456 e. The summed E-state index contributed by atoms with van der Waals surface area (Å²) in [6.07, 6.45) is 8.52. The van der Waals surface area contributed by atoms with Crippen LogP contribution in [-0.4, -0.2) is 43.0 Å². The zero-order valence-corrected chi connectivity index (χ0v) is 22.4. The first-order valence-corrected chi connectivity index (χ1v) is 13.2. The van der Waals surface area contributed by atoms with E-state index in [2.05, 4.69) is 21.3 Å². The molecular weight excluding hydrogens is 516 g/mol. The van der Waals surface area contributed by atoms with Crippen molar-refractivity contribution in [2.75, 3.05) is 29.9 Å². The lowest BCUT2D eigenvalue weighted by molar-refractivity contribution is -0.115. The molecule has 2 aromatic carbocycles. The van der Waals surface area contributed by atoms with Crippen molar-refractivity contribution >= 4 is 51.8 Å². The van der Waals surface area contributed by atoms with Crippen molar-refractivity contribution in [2.24, 2.45) is 0 Å². The van der Waals surface area contributed by atoms with Crippen molar-refractivity contribution in [1.82, 2.24) is 10.3 Å². The lowest BCUT2D eigenvalue weighted by atomic mass is 10.1. The molecule has 0 radical (unpaired) electrons. The maximum atomic E-state index is 13.9. The van der Waals surface area contributed by atoms with Gasteiger partial charge in [0, 0.05) is 61.7 Å². The molecule has 2 aliphatic rings. The Bertz CT molecular complexity index is 1620. The van der Waals surface area contributed by atoms with Crippen LogP contribution in [0.4, 0.5) is 11.4 Å². The highest BCUT2D eigenvalue weighted by Gasteiger charge is 2.36. The number of pyridine rings is 1. The van der Waals surface area contributed by atoms with E-state index in [4.69, 9.17) is 20.8 Å². The number of nitrogens with zero attached hydrogens (tertiary/aromatic N) is 3. The van der Waals surface area contributed by atoms with E-state index in [0.29, 0.717) is 46.0 Å². The predicted octanol–water partition coefficient (Wildman–Crippen LogP) is 5.97. The third-order valence-corrected chi connectivity index (χ3v) is 7.47. The van der Waals surface area contributed by atoms with Crippen LogP contribution in [0.3, 0.4) is 0 Å². The molecule has 1 aliphatic heterocycles. The number of aromatic nitrogens is 1. The Morgan fingerprint density at radius 2 is 1.92 bits per heavy atom. The number of carbonyl (C=O) groups excluding carboxylic acids is 2. The molecule has 1 fully saturated rings. The van der Waals surface area contributed by atoms with Gasteiger partial charge in [0.15, 0.2) is 0 Å². The zero-order valence-electron chi connectivity index (χ0n) is 21.6. The Morgan fingerprint density at radius 1 is 1.13 bits per heavy atom. The summed E-state index contributed by atoms with van der Waals surface area (Å²) in [7, 11) is 1.56. The first-order chi connectivity index (χ1) is 18.9. The fourth-order valence-corrected chi connectivity index (χ4v) is 5.16. The van der Waals surface area contributed by atoms with Crippen LogP contribution in [0, 0.1) is 6.92 Å². The molecule has 0 spiro atoms. The van der Waals surface area contributed by atoms with Gasteiger partial charge in [-0.1, -0.05) is 23.7 Å². The van der Waals surface area contributed by atoms with Crippen LogP contribution in [0.15, 0.2) is 65.4 Å². The van der Waals surface area contributed by atoms with E-state index in [1.807, 2.05) is 25.1 Å². The van der Waals surface area contributed by atoms with Crippen molar-refractivity contribution < 1.29 is 18.7 Å². The van der Waals surface area contributed by atoms with Gasteiger partial charge in [-0.25, -0.2) is 0 Å². The minimum absolute atomic E-state index is 0.181. The molecule has 6 rings (SSSR count). The normalized spacial score (nSPS) is 15.1. The highest BCUT2D eigenvalue weighted by Crippen LogP contribution is 2.42. The number of hydrogen-bond donors (Lipinski definition) is 1. The Hall–Kier alpha value is -4.30. The van der Waals surface area contributed by atoms with Gasteiger partial charge in [0.2, 0.25) is 5.91 Å². The summed E-state index contributed by atoms with van der Waals surface area (Å²) >= 11 is 6.58. The summed E-state index contributed by atoms with van der Waals surface area (Å²) in [5.41, 5.74) is 3.72. The second-order valence-corrected chi connectivity index (χ2v) is 10.1. The van der Waals surface area contributed by atoms with E-state index in [9.17, 15) is 9.59 Å². The van der Waals surface area contributed by atoms with Gasteiger partial charge in [-0.2, -0.15) is 0 Å². The van der Waals surface area contributed by atoms with E-state index in [1.54, 1.807) is 42.4 Å². The lowest BCUT2D eigenvalue weighted by Gasteiger charge is -2.38. The van der Waals surface area contributed by atoms with Crippen LogP contribution in [0.25, 0.3) is 17.0 Å². The minimum atomic E-state index is -0.233. The number of para-hydroxylation sites is 2. The van der Waals surface area contributed by atoms with Gasteiger partial charge in [-0.3, -0.25) is 14.6 Å². The molecule has 4 aromatic rings. The van der Waals surface area contributed by atoms with Gasteiger partial charge in [-0.15, -0.1) is 0 Å². The zero-order chi connectivity index (χ0) is 27.1. The molecule has 9 heteroatoms. The smallest absolute Gasteiger partial charge is 0.263 e. The maximum absolute atomic E-state index is 13.9. The fraction of sp³-hybridized carbons (Fsp3) is 0.233. The molecule has 2 amide bonds. The van der Waals surface area contributed by atoms with Crippen LogP contribution >= 0.6 is 11.6 Å². The first-order valence-electron chi connectivity index (χ1n) is 12.9. The Kier molecular flexibility index (Phi) is 6.48. The number of halogens is 1. The highest BCUT2D eigenvalue weighted by atomic mass is 35.5. The summed E-state index contributed by atoms with van der Waals surface area (Å²) < 4.78 is 12.1. The van der Waals surface area contributed by atoms with Crippen LogP contribution in [0.1, 0.15) is 34.5 Å². The molecule has 39 heavy (non-hydrogen) atoms. The number of benzene rings is 2. The van der Waals surface area contributed by atoms with E-state index in [-0.39, 0.29) is 11.8 Å². The van der Waals surface area contributed by atoms with Gasteiger partial charge >= 0.3 is 0 Å². The second kappa shape index (κ2) is 10.1. The fourth-order valence-electron chi connectivity index (χ4n) is 4.97. The van der Waals surface area contributed by atoms with E-state index >= 15 is 0 Å². The SMILES string of the molecule is CNC(=O)C=Cc1oc2cc(Cl)c(Oc3ccncc3C(=O)N3CCN(C4CC4)c4ccccc43)cc2c1C. The van der Waals surface area contributed by atoms with Gasteiger partial charge in [0.05, 0.1) is 16.4 Å². The summed E-state index contributed by atoms with van der Waals surface area (Å²) in [5.74, 6) is 0.877. The number of carbonyl (C=O) groups is 2.